The summed E-state index contributed by atoms with van der Waals surface area (Å²) in [7, 11) is 0. The number of pyridine rings is 2. The van der Waals surface area contributed by atoms with Gasteiger partial charge in [-0.15, -0.1) is 0 Å². The van der Waals surface area contributed by atoms with Gasteiger partial charge in [0.15, 0.2) is 0 Å². The second-order valence-electron chi connectivity index (χ2n) is 8.11. The van der Waals surface area contributed by atoms with Crippen LogP contribution in [0.15, 0.2) is 41.3 Å². The van der Waals surface area contributed by atoms with Gasteiger partial charge in [-0.05, 0) is 37.1 Å². The minimum absolute atomic E-state index is 0.233. The van der Waals surface area contributed by atoms with Gasteiger partial charge in [0.05, 0.1) is 0 Å². The molecule has 3 aliphatic rings. The highest BCUT2D eigenvalue weighted by atomic mass is 16.1. The smallest absolute Gasteiger partial charge is 0.255 e. The van der Waals surface area contributed by atoms with Gasteiger partial charge < -0.3 is 14.8 Å². The SMILES string of the molecule is O=c1c(CN2CCN(c3ccccn3)CC2)ccc2n1C[C@@H]1CNC[C@H]2C1. The number of piperidine rings is 1. The molecule has 6 nitrogen and oxygen atoms in total. The lowest BCUT2D eigenvalue weighted by Gasteiger charge is -2.38. The highest BCUT2D eigenvalue weighted by Gasteiger charge is 2.31. The van der Waals surface area contributed by atoms with Crippen LogP contribution in [0.3, 0.4) is 0 Å². The lowest BCUT2D eigenvalue weighted by Crippen LogP contribution is -2.48. The summed E-state index contributed by atoms with van der Waals surface area (Å²) in [5.41, 5.74) is 2.40. The minimum Gasteiger partial charge on any atom is -0.354 e. The molecule has 0 saturated carbocycles. The molecule has 3 aliphatic heterocycles. The van der Waals surface area contributed by atoms with Crippen LogP contribution in [0, 0.1) is 5.92 Å². The summed E-state index contributed by atoms with van der Waals surface area (Å²) >= 11 is 0. The average molecular weight is 365 g/mol. The van der Waals surface area contributed by atoms with Crippen LogP contribution in [-0.4, -0.2) is 53.7 Å². The standard InChI is InChI=1S/C21H27N5O/c27-21-17(4-5-19-18-11-16(12-22-13-18)14-26(19)21)15-24-7-9-25(10-8-24)20-3-1-2-6-23-20/h1-6,16,18,22H,7-15H2/t16-,18+/m0/s1. The van der Waals surface area contributed by atoms with Crippen LogP contribution in [0.25, 0.3) is 0 Å². The minimum atomic E-state index is 0.233. The Morgan fingerprint density at radius 1 is 1.07 bits per heavy atom. The number of nitrogens with one attached hydrogen (secondary N) is 1. The topological polar surface area (TPSA) is 53.4 Å². The number of rotatable bonds is 3. The molecule has 5 heterocycles. The Labute approximate surface area is 159 Å². The van der Waals surface area contributed by atoms with Gasteiger partial charge in [-0.1, -0.05) is 12.1 Å². The first-order valence-corrected chi connectivity index (χ1v) is 10.1. The van der Waals surface area contributed by atoms with E-state index in [1.165, 1.54) is 12.1 Å². The van der Waals surface area contributed by atoms with Crippen molar-refractivity contribution in [2.75, 3.05) is 44.2 Å². The van der Waals surface area contributed by atoms with Gasteiger partial charge in [0.1, 0.15) is 5.82 Å². The van der Waals surface area contributed by atoms with Crippen LogP contribution in [0.5, 0.6) is 0 Å². The Bertz CT molecular complexity index is 857. The van der Waals surface area contributed by atoms with Gasteiger partial charge in [-0.3, -0.25) is 9.69 Å². The summed E-state index contributed by atoms with van der Waals surface area (Å²) < 4.78 is 2.07. The molecule has 0 aromatic carbocycles. The lowest BCUT2D eigenvalue weighted by atomic mass is 9.84. The molecule has 0 aliphatic carbocycles. The molecule has 27 heavy (non-hydrogen) atoms. The van der Waals surface area contributed by atoms with E-state index in [4.69, 9.17) is 0 Å². The third-order valence-electron chi connectivity index (χ3n) is 6.33. The quantitative estimate of drug-likeness (QED) is 0.888. The molecule has 6 heteroatoms. The fourth-order valence-corrected chi connectivity index (χ4v) is 4.87. The van der Waals surface area contributed by atoms with E-state index in [9.17, 15) is 4.79 Å². The largest absolute Gasteiger partial charge is 0.354 e. The number of piperazine rings is 1. The third-order valence-corrected chi connectivity index (χ3v) is 6.33. The monoisotopic (exact) mass is 365 g/mol. The molecule has 2 atom stereocenters. The summed E-state index contributed by atoms with van der Waals surface area (Å²) in [6.45, 7) is 7.52. The van der Waals surface area contributed by atoms with Crippen LogP contribution in [0.1, 0.15) is 23.6 Å². The van der Waals surface area contributed by atoms with Crippen molar-refractivity contribution in [3.05, 3.63) is 58.1 Å². The highest BCUT2D eigenvalue weighted by molar-refractivity contribution is 5.38. The maximum absolute atomic E-state index is 13.1. The number of hydrogen-bond acceptors (Lipinski definition) is 5. The average Bonchev–Trinajstić information content (AvgIpc) is 2.72. The van der Waals surface area contributed by atoms with E-state index >= 15 is 0 Å². The van der Waals surface area contributed by atoms with E-state index in [1.807, 2.05) is 18.3 Å². The zero-order chi connectivity index (χ0) is 18.2. The Morgan fingerprint density at radius 2 is 1.96 bits per heavy atom. The van der Waals surface area contributed by atoms with Crippen molar-refractivity contribution in [1.82, 2.24) is 19.8 Å². The van der Waals surface area contributed by atoms with Crippen LogP contribution >= 0.6 is 0 Å². The van der Waals surface area contributed by atoms with E-state index < -0.39 is 0 Å². The molecule has 1 N–H and O–H groups in total. The normalized spacial score (nSPS) is 25.3. The first-order chi connectivity index (χ1) is 13.3. The number of fused-ring (bicyclic) bond motifs is 4. The Kier molecular flexibility index (Phi) is 4.45. The molecular formula is C21H27N5O. The van der Waals surface area contributed by atoms with E-state index in [-0.39, 0.29) is 5.56 Å². The van der Waals surface area contributed by atoms with Crippen molar-refractivity contribution in [3.8, 4) is 0 Å². The highest BCUT2D eigenvalue weighted by Crippen LogP contribution is 2.31. The van der Waals surface area contributed by atoms with Crippen molar-refractivity contribution >= 4 is 5.82 Å². The number of aromatic nitrogens is 2. The fourth-order valence-electron chi connectivity index (χ4n) is 4.87. The molecular weight excluding hydrogens is 338 g/mol. The first kappa shape index (κ1) is 17.0. The van der Waals surface area contributed by atoms with Gasteiger partial charge in [-0.2, -0.15) is 0 Å². The van der Waals surface area contributed by atoms with E-state index in [0.717, 1.165) is 63.7 Å². The van der Waals surface area contributed by atoms with Crippen LogP contribution in [0.4, 0.5) is 5.82 Å². The summed E-state index contributed by atoms with van der Waals surface area (Å²) in [5.74, 6) is 2.15. The van der Waals surface area contributed by atoms with Crippen molar-refractivity contribution in [3.63, 3.8) is 0 Å². The molecule has 5 rings (SSSR count). The van der Waals surface area contributed by atoms with Gasteiger partial charge in [0, 0.05) is 69.2 Å². The molecule has 0 amide bonds. The number of nitrogens with zero attached hydrogens (tertiary/aromatic N) is 4. The molecule has 2 bridgehead atoms. The van der Waals surface area contributed by atoms with E-state index in [2.05, 4.69) is 42.9 Å². The third kappa shape index (κ3) is 3.28. The zero-order valence-corrected chi connectivity index (χ0v) is 15.7. The zero-order valence-electron chi connectivity index (χ0n) is 15.7. The first-order valence-electron chi connectivity index (χ1n) is 10.1. The molecule has 142 valence electrons. The molecule has 0 radical (unpaired) electrons. The molecule has 2 aromatic heterocycles. The molecule has 0 unspecified atom stereocenters. The summed E-state index contributed by atoms with van der Waals surface area (Å²) in [4.78, 5) is 22.3. The Morgan fingerprint density at radius 3 is 2.78 bits per heavy atom. The maximum Gasteiger partial charge on any atom is 0.255 e. The Hall–Kier alpha value is -2.18. The Balaban J connectivity index is 1.28. The van der Waals surface area contributed by atoms with Crippen molar-refractivity contribution in [2.45, 2.75) is 25.4 Å². The van der Waals surface area contributed by atoms with E-state index in [1.54, 1.807) is 0 Å². The van der Waals surface area contributed by atoms with Gasteiger partial charge in [0.25, 0.3) is 5.56 Å². The van der Waals surface area contributed by atoms with E-state index in [0.29, 0.717) is 11.8 Å². The fraction of sp³-hybridized carbons (Fsp3) is 0.524. The van der Waals surface area contributed by atoms with Gasteiger partial charge in [0.2, 0.25) is 0 Å². The summed E-state index contributed by atoms with van der Waals surface area (Å²) in [5, 5.41) is 3.51. The van der Waals surface area contributed by atoms with Gasteiger partial charge >= 0.3 is 0 Å². The molecule has 0 spiro atoms. The molecule has 2 fully saturated rings. The maximum atomic E-state index is 13.1. The lowest BCUT2D eigenvalue weighted by molar-refractivity contribution is 0.241. The van der Waals surface area contributed by atoms with Crippen molar-refractivity contribution in [1.29, 1.82) is 0 Å². The summed E-state index contributed by atoms with van der Waals surface area (Å²) in [6.07, 6.45) is 3.07. The van der Waals surface area contributed by atoms with Crippen molar-refractivity contribution < 1.29 is 0 Å². The molecule has 2 aromatic rings. The second kappa shape index (κ2) is 7.09. The predicted octanol–water partition coefficient (Wildman–Crippen LogP) is 1.27. The van der Waals surface area contributed by atoms with Crippen LogP contribution in [0.2, 0.25) is 0 Å². The van der Waals surface area contributed by atoms with Crippen LogP contribution in [-0.2, 0) is 13.1 Å². The number of anilines is 1. The number of hydrogen-bond donors (Lipinski definition) is 1. The van der Waals surface area contributed by atoms with Gasteiger partial charge in [-0.25, -0.2) is 4.98 Å². The second-order valence-corrected chi connectivity index (χ2v) is 8.11. The summed E-state index contributed by atoms with van der Waals surface area (Å²) in [6, 6.07) is 10.3. The molecule has 2 saturated heterocycles. The van der Waals surface area contributed by atoms with Crippen molar-refractivity contribution in [2.24, 2.45) is 5.92 Å². The predicted molar refractivity (Wildman–Crippen MR) is 106 cm³/mol. The van der Waals surface area contributed by atoms with Crippen LogP contribution < -0.4 is 15.8 Å².